The van der Waals surface area contributed by atoms with E-state index in [2.05, 4.69) is 5.32 Å². The van der Waals surface area contributed by atoms with Crippen LogP contribution in [0.25, 0.3) is 0 Å². The van der Waals surface area contributed by atoms with Crippen molar-refractivity contribution in [2.45, 2.75) is 26.8 Å². The van der Waals surface area contributed by atoms with Gasteiger partial charge in [0.15, 0.2) is 11.5 Å². The third-order valence-corrected chi connectivity index (χ3v) is 2.95. The highest BCUT2D eigenvalue weighted by Crippen LogP contribution is 2.32. The number of hydrogen-bond acceptors (Lipinski definition) is 3. The Balaban J connectivity index is 2.11. The second-order valence-corrected chi connectivity index (χ2v) is 4.79. The van der Waals surface area contributed by atoms with E-state index < -0.39 is 0 Å². The highest BCUT2D eigenvalue weighted by atomic mass is 16.6. The van der Waals surface area contributed by atoms with Crippen LogP contribution in [-0.2, 0) is 4.79 Å². The molecule has 1 amide bonds. The van der Waals surface area contributed by atoms with E-state index in [0.29, 0.717) is 13.2 Å². The number of nitrogens with one attached hydrogen (secondary N) is 1. The highest BCUT2D eigenvalue weighted by molar-refractivity contribution is 5.78. The van der Waals surface area contributed by atoms with E-state index in [0.717, 1.165) is 17.1 Å². The molecule has 0 saturated carbocycles. The maximum absolute atomic E-state index is 11.6. The Bertz CT molecular complexity index is 443. The van der Waals surface area contributed by atoms with Crippen LogP contribution in [0.5, 0.6) is 11.5 Å². The molecule has 98 valence electrons. The Labute approximate surface area is 107 Å². The second-order valence-electron chi connectivity index (χ2n) is 4.79. The number of benzene rings is 1. The summed E-state index contributed by atoms with van der Waals surface area (Å²) in [6.45, 7) is 6.89. The SMILES string of the molecule is CC(C)C(=O)N[C@@H](C)c1ccc2c(c1)OCCO2. The van der Waals surface area contributed by atoms with Crippen molar-refractivity contribution in [2.24, 2.45) is 5.92 Å². The van der Waals surface area contributed by atoms with Gasteiger partial charge in [-0.3, -0.25) is 4.79 Å². The van der Waals surface area contributed by atoms with Gasteiger partial charge in [-0.05, 0) is 24.6 Å². The van der Waals surface area contributed by atoms with E-state index in [1.54, 1.807) is 0 Å². The Hall–Kier alpha value is -1.71. The fraction of sp³-hybridized carbons (Fsp3) is 0.500. The summed E-state index contributed by atoms with van der Waals surface area (Å²) in [7, 11) is 0. The molecular weight excluding hydrogens is 230 g/mol. The number of carbonyl (C=O) groups is 1. The number of rotatable bonds is 3. The van der Waals surface area contributed by atoms with Gasteiger partial charge in [0.05, 0.1) is 6.04 Å². The van der Waals surface area contributed by atoms with Gasteiger partial charge in [-0.25, -0.2) is 0 Å². The van der Waals surface area contributed by atoms with E-state index in [-0.39, 0.29) is 17.9 Å². The van der Waals surface area contributed by atoms with Gasteiger partial charge in [0.1, 0.15) is 13.2 Å². The highest BCUT2D eigenvalue weighted by Gasteiger charge is 2.16. The van der Waals surface area contributed by atoms with E-state index in [4.69, 9.17) is 9.47 Å². The van der Waals surface area contributed by atoms with Crippen LogP contribution >= 0.6 is 0 Å². The molecule has 1 aliphatic rings. The summed E-state index contributed by atoms with van der Waals surface area (Å²) in [6, 6.07) is 5.75. The van der Waals surface area contributed by atoms with Crippen LogP contribution < -0.4 is 14.8 Å². The van der Waals surface area contributed by atoms with Crippen molar-refractivity contribution >= 4 is 5.91 Å². The minimum atomic E-state index is -0.0317. The van der Waals surface area contributed by atoms with E-state index in [1.165, 1.54) is 0 Å². The van der Waals surface area contributed by atoms with Crippen molar-refractivity contribution in [1.29, 1.82) is 0 Å². The molecule has 1 aromatic carbocycles. The minimum Gasteiger partial charge on any atom is -0.486 e. The van der Waals surface area contributed by atoms with Crippen LogP contribution in [0.3, 0.4) is 0 Å². The van der Waals surface area contributed by atoms with Gasteiger partial charge < -0.3 is 14.8 Å². The second kappa shape index (κ2) is 5.29. The van der Waals surface area contributed by atoms with Crippen LogP contribution in [0.2, 0.25) is 0 Å². The first-order valence-corrected chi connectivity index (χ1v) is 6.28. The predicted octanol–water partition coefficient (Wildman–Crippen LogP) is 2.29. The van der Waals surface area contributed by atoms with E-state index >= 15 is 0 Å². The van der Waals surface area contributed by atoms with Gasteiger partial charge in [-0.2, -0.15) is 0 Å². The average molecular weight is 249 g/mol. The van der Waals surface area contributed by atoms with Crippen molar-refractivity contribution in [2.75, 3.05) is 13.2 Å². The van der Waals surface area contributed by atoms with Crippen LogP contribution in [0, 0.1) is 5.92 Å². The van der Waals surface area contributed by atoms with Crippen LogP contribution in [0.15, 0.2) is 18.2 Å². The lowest BCUT2D eigenvalue weighted by Crippen LogP contribution is -2.30. The van der Waals surface area contributed by atoms with Gasteiger partial charge in [-0.15, -0.1) is 0 Å². The molecule has 0 spiro atoms. The Morgan fingerprint density at radius 3 is 2.50 bits per heavy atom. The molecule has 0 aliphatic carbocycles. The summed E-state index contributed by atoms with van der Waals surface area (Å²) in [5.74, 6) is 1.57. The monoisotopic (exact) mass is 249 g/mol. The maximum Gasteiger partial charge on any atom is 0.223 e. The lowest BCUT2D eigenvalue weighted by atomic mass is 10.1. The standard InChI is InChI=1S/C14H19NO3/c1-9(2)14(16)15-10(3)11-4-5-12-13(8-11)18-7-6-17-12/h4-5,8-10H,6-7H2,1-3H3,(H,15,16)/t10-/m0/s1. The molecule has 0 saturated heterocycles. The van der Waals surface area contributed by atoms with Crippen LogP contribution in [-0.4, -0.2) is 19.1 Å². The van der Waals surface area contributed by atoms with Crippen molar-refractivity contribution in [1.82, 2.24) is 5.32 Å². The summed E-state index contributed by atoms with van der Waals surface area (Å²) in [4.78, 5) is 11.6. The zero-order valence-electron chi connectivity index (χ0n) is 11.0. The molecule has 4 heteroatoms. The predicted molar refractivity (Wildman–Crippen MR) is 68.8 cm³/mol. The lowest BCUT2D eigenvalue weighted by Gasteiger charge is -2.21. The fourth-order valence-corrected chi connectivity index (χ4v) is 1.79. The number of hydrogen-bond donors (Lipinski definition) is 1. The van der Waals surface area contributed by atoms with Crippen molar-refractivity contribution < 1.29 is 14.3 Å². The Kier molecular flexibility index (Phi) is 3.75. The Morgan fingerprint density at radius 2 is 1.83 bits per heavy atom. The largest absolute Gasteiger partial charge is 0.486 e. The zero-order valence-corrected chi connectivity index (χ0v) is 11.0. The minimum absolute atomic E-state index is 0.00957. The molecule has 4 nitrogen and oxygen atoms in total. The third kappa shape index (κ3) is 2.75. The van der Waals surface area contributed by atoms with Crippen LogP contribution in [0.4, 0.5) is 0 Å². The lowest BCUT2D eigenvalue weighted by molar-refractivity contribution is -0.124. The average Bonchev–Trinajstić information content (AvgIpc) is 2.37. The van der Waals surface area contributed by atoms with Gasteiger partial charge in [0.25, 0.3) is 0 Å². The maximum atomic E-state index is 11.6. The van der Waals surface area contributed by atoms with E-state index in [9.17, 15) is 4.79 Å². The van der Waals surface area contributed by atoms with Gasteiger partial charge >= 0.3 is 0 Å². The smallest absolute Gasteiger partial charge is 0.223 e. The zero-order chi connectivity index (χ0) is 13.1. The summed E-state index contributed by atoms with van der Waals surface area (Å²) >= 11 is 0. The summed E-state index contributed by atoms with van der Waals surface area (Å²) < 4.78 is 11.0. The molecule has 1 aliphatic heterocycles. The normalized spacial score (nSPS) is 15.3. The molecule has 1 atom stereocenters. The van der Waals surface area contributed by atoms with Gasteiger partial charge in [0, 0.05) is 5.92 Å². The quantitative estimate of drug-likeness (QED) is 0.894. The molecule has 1 N–H and O–H groups in total. The molecular formula is C14H19NO3. The molecule has 0 fully saturated rings. The van der Waals surface area contributed by atoms with Gasteiger partial charge in [-0.1, -0.05) is 19.9 Å². The number of amides is 1. The van der Waals surface area contributed by atoms with Crippen LogP contribution in [0.1, 0.15) is 32.4 Å². The third-order valence-electron chi connectivity index (χ3n) is 2.95. The Morgan fingerprint density at radius 1 is 1.17 bits per heavy atom. The molecule has 0 unspecified atom stereocenters. The summed E-state index contributed by atoms with van der Waals surface area (Å²) in [5.41, 5.74) is 1.02. The van der Waals surface area contributed by atoms with Crippen molar-refractivity contribution in [3.05, 3.63) is 23.8 Å². The molecule has 1 aromatic rings. The first-order valence-electron chi connectivity index (χ1n) is 6.28. The molecule has 1 heterocycles. The summed E-state index contributed by atoms with van der Waals surface area (Å²) in [5, 5.41) is 2.97. The number of fused-ring (bicyclic) bond motifs is 1. The molecule has 0 bridgehead atoms. The van der Waals surface area contributed by atoms with E-state index in [1.807, 2.05) is 39.0 Å². The topological polar surface area (TPSA) is 47.6 Å². The fourth-order valence-electron chi connectivity index (χ4n) is 1.79. The molecule has 0 radical (unpaired) electrons. The number of ether oxygens (including phenoxy) is 2. The van der Waals surface area contributed by atoms with Crippen molar-refractivity contribution in [3.8, 4) is 11.5 Å². The molecule has 0 aromatic heterocycles. The first-order chi connectivity index (χ1) is 8.58. The van der Waals surface area contributed by atoms with Crippen molar-refractivity contribution in [3.63, 3.8) is 0 Å². The molecule has 2 rings (SSSR count). The van der Waals surface area contributed by atoms with Gasteiger partial charge in [0.2, 0.25) is 5.91 Å². The molecule has 18 heavy (non-hydrogen) atoms. The summed E-state index contributed by atoms with van der Waals surface area (Å²) in [6.07, 6.45) is 0. The first kappa shape index (κ1) is 12.7. The number of carbonyl (C=O) groups excluding carboxylic acids is 1.